The molecule has 0 radical (unpaired) electrons. The van der Waals surface area contributed by atoms with Gasteiger partial charge in [0.1, 0.15) is 0 Å². The van der Waals surface area contributed by atoms with Gasteiger partial charge in [-0.3, -0.25) is 0 Å². The van der Waals surface area contributed by atoms with E-state index in [0.29, 0.717) is 6.04 Å². The van der Waals surface area contributed by atoms with Crippen LogP contribution in [0.25, 0.3) is 0 Å². The van der Waals surface area contributed by atoms with E-state index < -0.39 is 0 Å². The molecular formula is C7H14N2. The van der Waals surface area contributed by atoms with E-state index in [1.807, 2.05) is 20.8 Å². The predicted molar refractivity (Wildman–Crippen MR) is 37.9 cm³/mol. The molecule has 0 spiro atoms. The van der Waals surface area contributed by atoms with Crippen molar-refractivity contribution in [3.63, 3.8) is 0 Å². The lowest BCUT2D eigenvalue weighted by Crippen LogP contribution is -2.49. The van der Waals surface area contributed by atoms with Crippen molar-refractivity contribution in [2.45, 2.75) is 26.8 Å². The lowest BCUT2D eigenvalue weighted by Gasteiger charge is -2.29. The van der Waals surface area contributed by atoms with E-state index in [2.05, 4.69) is 11.4 Å². The van der Waals surface area contributed by atoms with Crippen molar-refractivity contribution in [3.05, 3.63) is 0 Å². The van der Waals surface area contributed by atoms with Crippen molar-refractivity contribution in [1.29, 1.82) is 5.26 Å². The molecule has 1 saturated heterocycles. The van der Waals surface area contributed by atoms with Crippen molar-refractivity contribution in [1.82, 2.24) is 5.32 Å². The lowest BCUT2D eigenvalue weighted by atomic mass is 9.95. The van der Waals surface area contributed by atoms with Gasteiger partial charge in [-0.15, -0.1) is 0 Å². The Morgan fingerprint density at radius 2 is 2.11 bits per heavy atom. The minimum Gasteiger partial charge on any atom is -0.312 e. The lowest BCUT2D eigenvalue weighted by molar-refractivity contribution is 0.315. The van der Waals surface area contributed by atoms with Crippen LogP contribution in [-0.4, -0.2) is 12.6 Å². The largest absolute Gasteiger partial charge is 0.312 e. The summed E-state index contributed by atoms with van der Waals surface area (Å²) in [6, 6.07) is 2.62. The molecule has 1 aliphatic rings. The highest BCUT2D eigenvalue weighted by molar-refractivity contribution is 4.98. The molecule has 0 aliphatic carbocycles. The van der Waals surface area contributed by atoms with Crippen LogP contribution in [-0.2, 0) is 0 Å². The summed E-state index contributed by atoms with van der Waals surface area (Å²) >= 11 is 0. The number of nitrogens with zero attached hydrogens (tertiary/aromatic N) is 1. The molecule has 2 nitrogen and oxygen atoms in total. The molecule has 0 aromatic rings. The number of hydrogen-bond donors (Lipinski definition) is 1. The molecule has 0 aromatic carbocycles. The average Bonchev–Trinajstić information content (AvgIpc) is 1.91. The Labute approximate surface area is 56.9 Å². The smallest absolute Gasteiger partial charge is 0.0738 e. The van der Waals surface area contributed by atoms with Crippen LogP contribution < -0.4 is 5.32 Å². The van der Waals surface area contributed by atoms with Gasteiger partial charge in [-0.05, 0) is 6.92 Å². The van der Waals surface area contributed by atoms with Crippen LogP contribution in [0.5, 0.6) is 0 Å². The minimum absolute atomic E-state index is 0.278. The summed E-state index contributed by atoms with van der Waals surface area (Å²) in [6.07, 6.45) is 0. The Morgan fingerprint density at radius 3 is 2.11 bits per heavy atom. The van der Waals surface area contributed by atoms with Gasteiger partial charge in [0.25, 0.3) is 0 Å². The summed E-state index contributed by atoms with van der Waals surface area (Å²) in [5.74, 6) is 0.278. The van der Waals surface area contributed by atoms with Gasteiger partial charge in [0.05, 0.1) is 12.0 Å². The molecule has 2 heteroatoms. The van der Waals surface area contributed by atoms with Crippen LogP contribution >= 0.6 is 0 Å². The molecule has 1 N–H and O–H groups in total. The molecule has 9 heavy (non-hydrogen) atoms. The van der Waals surface area contributed by atoms with E-state index in [0.717, 1.165) is 6.54 Å². The molecule has 0 aromatic heterocycles. The highest BCUT2D eigenvalue weighted by atomic mass is 15.0. The first kappa shape index (κ1) is 8.45. The first-order chi connectivity index (χ1) is 4.34. The first-order valence-electron chi connectivity index (χ1n) is 3.47. The Balaban J connectivity index is 0.000000291. The van der Waals surface area contributed by atoms with Crippen LogP contribution in [0.1, 0.15) is 20.8 Å². The van der Waals surface area contributed by atoms with Gasteiger partial charge in [0.2, 0.25) is 0 Å². The topological polar surface area (TPSA) is 35.8 Å². The van der Waals surface area contributed by atoms with E-state index >= 15 is 0 Å². The van der Waals surface area contributed by atoms with Crippen LogP contribution in [0.2, 0.25) is 0 Å². The molecule has 1 aliphatic heterocycles. The molecule has 2 unspecified atom stereocenters. The van der Waals surface area contributed by atoms with Gasteiger partial charge in [0, 0.05) is 12.6 Å². The maximum absolute atomic E-state index is 8.27. The van der Waals surface area contributed by atoms with E-state index in [-0.39, 0.29) is 5.92 Å². The van der Waals surface area contributed by atoms with Crippen LogP contribution in [0, 0.1) is 17.2 Å². The molecule has 1 heterocycles. The molecule has 0 bridgehead atoms. The Kier molecular flexibility index (Phi) is 4.08. The van der Waals surface area contributed by atoms with Gasteiger partial charge in [-0.2, -0.15) is 5.26 Å². The molecule has 1 rings (SSSR count). The van der Waals surface area contributed by atoms with Crippen LogP contribution in [0.3, 0.4) is 0 Å². The van der Waals surface area contributed by atoms with E-state index in [1.54, 1.807) is 0 Å². The molecule has 2 atom stereocenters. The van der Waals surface area contributed by atoms with Crippen molar-refractivity contribution in [2.24, 2.45) is 5.92 Å². The third-order valence-corrected chi connectivity index (χ3v) is 1.43. The predicted octanol–water partition coefficient (Wildman–Crippen LogP) is 1.14. The second-order valence-corrected chi connectivity index (χ2v) is 1.93. The summed E-state index contributed by atoms with van der Waals surface area (Å²) in [5, 5.41) is 11.4. The van der Waals surface area contributed by atoms with Gasteiger partial charge in [-0.1, -0.05) is 13.8 Å². The molecule has 52 valence electrons. The summed E-state index contributed by atoms with van der Waals surface area (Å²) in [5.41, 5.74) is 0. The molecule has 1 fully saturated rings. The monoisotopic (exact) mass is 126 g/mol. The Bertz CT molecular complexity index is 104. The third kappa shape index (κ3) is 2.03. The van der Waals surface area contributed by atoms with Gasteiger partial charge in [0.15, 0.2) is 0 Å². The fourth-order valence-corrected chi connectivity index (χ4v) is 0.629. The summed E-state index contributed by atoms with van der Waals surface area (Å²) < 4.78 is 0. The highest BCUT2D eigenvalue weighted by Crippen LogP contribution is 2.09. The zero-order valence-electron chi connectivity index (χ0n) is 6.31. The molecule has 0 amide bonds. The maximum atomic E-state index is 8.27. The van der Waals surface area contributed by atoms with Crippen molar-refractivity contribution >= 4 is 0 Å². The quantitative estimate of drug-likeness (QED) is 0.528. The Hall–Kier alpha value is -0.550. The van der Waals surface area contributed by atoms with Crippen molar-refractivity contribution in [3.8, 4) is 6.07 Å². The SMILES string of the molecule is CC.CC1NCC1C#N. The molecule has 0 saturated carbocycles. The van der Waals surface area contributed by atoms with Gasteiger partial charge < -0.3 is 5.32 Å². The fraction of sp³-hybridized carbons (Fsp3) is 0.857. The fourth-order valence-electron chi connectivity index (χ4n) is 0.629. The Morgan fingerprint density at radius 1 is 1.56 bits per heavy atom. The van der Waals surface area contributed by atoms with Crippen LogP contribution in [0.4, 0.5) is 0 Å². The number of nitriles is 1. The second-order valence-electron chi connectivity index (χ2n) is 1.93. The number of hydrogen-bond acceptors (Lipinski definition) is 2. The summed E-state index contributed by atoms with van der Waals surface area (Å²) in [4.78, 5) is 0. The molecular weight excluding hydrogens is 112 g/mol. The zero-order valence-corrected chi connectivity index (χ0v) is 6.31. The van der Waals surface area contributed by atoms with Crippen LogP contribution in [0.15, 0.2) is 0 Å². The number of rotatable bonds is 0. The van der Waals surface area contributed by atoms with Crippen molar-refractivity contribution in [2.75, 3.05) is 6.54 Å². The second kappa shape index (κ2) is 4.34. The van der Waals surface area contributed by atoms with Gasteiger partial charge >= 0.3 is 0 Å². The standard InChI is InChI=1S/C5H8N2.C2H6/c1-4-5(2-6)3-7-4;1-2/h4-5,7H,3H2,1H3;1-2H3. The summed E-state index contributed by atoms with van der Waals surface area (Å²) in [6.45, 7) is 6.91. The van der Waals surface area contributed by atoms with E-state index in [9.17, 15) is 0 Å². The normalized spacial score (nSPS) is 30.9. The average molecular weight is 126 g/mol. The van der Waals surface area contributed by atoms with Crippen molar-refractivity contribution < 1.29 is 0 Å². The third-order valence-electron chi connectivity index (χ3n) is 1.43. The summed E-state index contributed by atoms with van der Waals surface area (Å²) in [7, 11) is 0. The maximum Gasteiger partial charge on any atom is 0.0738 e. The first-order valence-corrected chi connectivity index (χ1v) is 3.47. The van der Waals surface area contributed by atoms with E-state index in [4.69, 9.17) is 5.26 Å². The highest BCUT2D eigenvalue weighted by Gasteiger charge is 2.24. The number of nitrogens with one attached hydrogen (secondary N) is 1. The van der Waals surface area contributed by atoms with E-state index in [1.165, 1.54) is 0 Å². The van der Waals surface area contributed by atoms with Gasteiger partial charge in [-0.25, -0.2) is 0 Å². The minimum atomic E-state index is 0.278. The zero-order chi connectivity index (χ0) is 7.28.